The Bertz CT molecular complexity index is 2290. The van der Waals surface area contributed by atoms with E-state index in [4.69, 9.17) is 15.0 Å². The molecule has 0 saturated heterocycles. The van der Waals surface area contributed by atoms with Crippen molar-refractivity contribution in [1.82, 2.24) is 15.0 Å². The summed E-state index contributed by atoms with van der Waals surface area (Å²) in [6, 6.07) is 39.1. The summed E-state index contributed by atoms with van der Waals surface area (Å²) in [5.74, 6) is 16.0. The van der Waals surface area contributed by atoms with Gasteiger partial charge in [-0.2, -0.15) is 0 Å². The Morgan fingerprint density at radius 1 is 0.310 bits per heavy atom. The van der Waals surface area contributed by atoms with Crippen LogP contribution in [0.5, 0.6) is 0 Å². The first kappa shape index (κ1) is 32.7. The SMILES string of the molecule is c1ccc(-c2ccc(-c3nc(-c4ccc(C56CC7CC8C9CC(CC85)CC6C9C7)cc4)nc(-c4ccc(C56CC7CC8C9CC(CC85)CC6C9C7)cc4)n3)cc2)cc1. The number of nitrogens with zero attached hydrogens (tertiary/aromatic N) is 3. The lowest BCUT2D eigenvalue weighted by Gasteiger charge is -2.74. The van der Waals surface area contributed by atoms with Crippen LogP contribution in [0.15, 0.2) is 103 Å². The monoisotopic (exact) mass is 757 g/mol. The molecule has 5 aromatic rings. The van der Waals surface area contributed by atoms with Gasteiger partial charge in [0.25, 0.3) is 0 Å². The number of hydrogen-bond acceptors (Lipinski definition) is 3. The van der Waals surface area contributed by atoms with E-state index in [9.17, 15) is 0 Å². The van der Waals surface area contributed by atoms with Gasteiger partial charge in [0.1, 0.15) is 0 Å². The predicted octanol–water partition coefficient (Wildman–Crippen LogP) is 12.5. The topological polar surface area (TPSA) is 38.7 Å². The Morgan fingerprint density at radius 3 is 1.03 bits per heavy atom. The van der Waals surface area contributed by atoms with E-state index < -0.39 is 0 Å². The van der Waals surface area contributed by atoms with Gasteiger partial charge < -0.3 is 0 Å². The Labute approximate surface area is 343 Å². The maximum absolute atomic E-state index is 5.33. The normalized spacial score (nSPS) is 43.5. The Balaban J connectivity index is 0.811. The number of aromatic nitrogens is 3. The Morgan fingerprint density at radius 2 is 0.638 bits per heavy atom. The number of hydrogen-bond donors (Lipinski definition) is 0. The summed E-state index contributed by atoms with van der Waals surface area (Å²) in [6.45, 7) is 0. The summed E-state index contributed by atoms with van der Waals surface area (Å²) in [4.78, 5) is 15.9. The van der Waals surface area contributed by atoms with Crippen molar-refractivity contribution in [2.75, 3.05) is 0 Å². The molecule has 0 radical (unpaired) electrons. The highest BCUT2D eigenvalue weighted by atomic mass is 15.0. The zero-order valence-electron chi connectivity index (χ0n) is 33.7. The molecule has 3 nitrogen and oxygen atoms in total. The standard InChI is InChI=1S/C55H55N3/c1-2-4-34(5-3-1)35-6-8-36(9-7-35)51-56-52(37-10-14-39(15-11-37)54-28-32-20-43-41-18-30(24-47(43)54)25-48(54)44(41)21-32)58-53(57-51)38-12-16-40(17-13-38)55-29-33-22-45-42-19-31(26-49(45)55)27-50(55)46(42)23-33/h1-17,30-33,41-50H,18-29H2. The number of benzene rings is 4. The van der Waals surface area contributed by atoms with Crippen LogP contribution in [0.3, 0.4) is 0 Å². The van der Waals surface area contributed by atoms with Crippen LogP contribution in [-0.4, -0.2) is 15.0 Å². The van der Waals surface area contributed by atoms with Gasteiger partial charge in [-0.15, -0.1) is 0 Å². The molecule has 14 saturated carbocycles. The largest absolute Gasteiger partial charge is 0.208 e. The fourth-order valence-corrected chi connectivity index (χ4v) is 19.1. The van der Waals surface area contributed by atoms with E-state index in [1.54, 1.807) is 24.0 Å². The summed E-state index contributed by atoms with van der Waals surface area (Å²) in [5, 5.41) is 0. The van der Waals surface area contributed by atoms with Gasteiger partial charge in [0.15, 0.2) is 17.5 Å². The summed E-state index contributed by atoms with van der Waals surface area (Å²) < 4.78 is 0. The molecule has 0 amide bonds. The van der Waals surface area contributed by atoms with Gasteiger partial charge in [-0.25, -0.2) is 15.0 Å². The van der Waals surface area contributed by atoms with E-state index in [0.717, 1.165) is 117 Å². The molecule has 1 aromatic heterocycles. The maximum atomic E-state index is 5.33. The van der Waals surface area contributed by atoms with Crippen LogP contribution in [0, 0.1) is 82.9 Å². The third kappa shape index (κ3) is 4.15. The van der Waals surface area contributed by atoms with Crippen molar-refractivity contribution in [1.29, 1.82) is 0 Å². The van der Waals surface area contributed by atoms with Crippen molar-refractivity contribution in [3.05, 3.63) is 114 Å². The molecule has 0 aliphatic heterocycles. The van der Waals surface area contributed by atoms with Crippen LogP contribution in [0.2, 0.25) is 0 Å². The predicted molar refractivity (Wildman–Crippen MR) is 229 cm³/mol. The fraction of sp³-hybridized carbons (Fsp3) is 0.509. The lowest BCUT2D eigenvalue weighted by Crippen LogP contribution is -2.69. The molecule has 1 heterocycles. The van der Waals surface area contributed by atoms with Crippen LogP contribution >= 0.6 is 0 Å². The average Bonchev–Trinajstić information content (AvgIpc) is 3.29. The van der Waals surface area contributed by atoms with E-state index in [1.807, 2.05) is 0 Å². The first-order valence-electron chi connectivity index (χ1n) is 23.7. The highest BCUT2D eigenvalue weighted by Gasteiger charge is 2.71. The molecule has 14 fully saturated rings. The minimum absolute atomic E-state index is 0.412. The van der Waals surface area contributed by atoms with Gasteiger partial charge in [-0.3, -0.25) is 0 Å². The summed E-state index contributed by atoms with van der Waals surface area (Å²) in [5.41, 5.74) is 9.81. The van der Waals surface area contributed by atoms with Gasteiger partial charge >= 0.3 is 0 Å². The van der Waals surface area contributed by atoms with Crippen LogP contribution in [-0.2, 0) is 10.8 Å². The molecule has 14 aliphatic carbocycles. The van der Waals surface area contributed by atoms with Crippen LogP contribution < -0.4 is 0 Å². The second kappa shape index (κ2) is 11.4. The van der Waals surface area contributed by atoms with Gasteiger partial charge in [0, 0.05) is 27.5 Å². The molecular formula is C55H55N3. The highest BCUT2D eigenvalue weighted by Crippen LogP contribution is 2.77. The number of rotatable bonds is 6. The fourth-order valence-electron chi connectivity index (χ4n) is 19.1. The first-order valence-corrected chi connectivity index (χ1v) is 23.7. The van der Waals surface area contributed by atoms with Crippen molar-refractivity contribution >= 4 is 0 Å². The smallest absolute Gasteiger partial charge is 0.164 e. The zero-order chi connectivity index (χ0) is 37.5. The molecule has 8 atom stereocenters. The lowest BCUT2D eigenvalue weighted by atomic mass is 9.30. The molecule has 14 aliphatic rings. The minimum Gasteiger partial charge on any atom is -0.208 e. The van der Waals surface area contributed by atoms with Crippen molar-refractivity contribution in [2.45, 2.75) is 87.9 Å². The lowest BCUT2D eigenvalue weighted by molar-refractivity contribution is -0.220. The highest BCUT2D eigenvalue weighted by molar-refractivity contribution is 5.70. The second-order valence-corrected chi connectivity index (χ2v) is 22.1. The van der Waals surface area contributed by atoms with Crippen molar-refractivity contribution in [2.24, 2.45) is 82.9 Å². The zero-order valence-corrected chi connectivity index (χ0v) is 33.7. The Kier molecular flexibility index (Phi) is 6.41. The molecule has 8 unspecified atom stereocenters. The Hall–Kier alpha value is -4.11. The summed E-state index contributed by atoms with van der Waals surface area (Å²) >= 11 is 0. The molecule has 0 spiro atoms. The van der Waals surface area contributed by atoms with E-state index in [1.165, 1.54) is 75.3 Å². The third-order valence-electron chi connectivity index (χ3n) is 20.4. The quantitative estimate of drug-likeness (QED) is 0.173. The molecule has 16 bridgehead atoms. The minimum atomic E-state index is 0.412. The van der Waals surface area contributed by atoms with Crippen LogP contribution in [0.1, 0.15) is 88.2 Å². The van der Waals surface area contributed by atoms with Crippen molar-refractivity contribution < 1.29 is 0 Å². The van der Waals surface area contributed by atoms with Crippen LogP contribution in [0.25, 0.3) is 45.3 Å². The molecule has 19 rings (SSSR count). The van der Waals surface area contributed by atoms with Gasteiger partial charge in [0.2, 0.25) is 0 Å². The second-order valence-electron chi connectivity index (χ2n) is 22.1. The van der Waals surface area contributed by atoms with Gasteiger partial charge in [0.05, 0.1) is 0 Å². The van der Waals surface area contributed by atoms with E-state index in [2.05, 4.69) is 103 Å². The van der Waals surface area contributed by atoms with E-state index in [-0.39, 0.29) is 0 Å². The first-order chi connectivity index (χ1) is 28.6. The van der Waals surface area contributed by atoms with Gasteiger partial charge in [-0.05, 0) is 182 Å². The maximum Gasteiger partial charge on any atom is 0.164 e. The molecule has 58 heavy (non-hydrogen) atoms. The molecule has 0 N–H and O–H groups in total. The molecule has 4 aromatic carbocycles. The van der Waals surface area contributed by atoms with Crippen LogP contribution in [0.4, 0.5) is 0 Å². The van der Waals surface area contributed by atoms with Crippen molar-refractivity contribution in [3.63, 3.8) is 0 Å². The summed E-state index contributed by atoms with van der Waals surface area (Å²) in [6.07, 6.45) is 18.1. The summed E-state index contributed by atoms with van der Waals surface area (Å²) in [7, 11) is 0. The van der Waals surface area contributed by atoms with Gasteiger partial charge in [-0.1, -0.05) is 103 Å². The third-order valence-corrected chi connectivity index (χ3v) is 20.4. The van der Waals surface area contributed by atoms with E-state index >= 15 is 0 Å². The molecule has 3 heteroatoms. The van der Waals surface area contributed by atoms with E-state index in [0.29, 0.717) is 10.8 Å². The van der Waals surface area contributed by atoms with Crippen molar-refractivity contribution in [3.8, 4) is 45.3 Å². The molecule has 290 valence electrons. The molecular weight excluding hydrogens is 703 g/mol. The average molecular weight is 758 g/mol.